The van der Waals surface area contributed by atoms with Gasteiger partial charge in [-0.15, -0.1) is 6.58 Å². The molecular formula is C15H23N3. The third kappa shape index (κ3) is 5.04. The second kappa shape index (κ2) is 8.34. The van der Waals surface area contributed by atoms with Crippen molar-refractivity contribution in [2.45, 2.75) is 19.4 Å². The van der Waals surface area contributed by atoms with Crippen molar-refractivity contribution in [1.29, 1.82) is 0 Å². The lowest BCUT2D eigenvalue weighted by Gasteiger charge is -2.21. The fourth-order valence-corrected chi connectivity index (χ4v) is 1.74. The average Bonchev–Trinajstić information content (AvgIpc) is 2.41. The molecule has 1 rings (SSSR count). The Labute approximate surface area is 110 Å². The highest BCUT2D eigenvalue weighted by Gasteiger charge is 2.04. The Bertz CT molecular complexity index is 371. The summed E-state index contributed by atoms with van der Waals surface area (Å²) < 4.78 is 0. The van der Waals surface area contributed by atoms with E-state index in [0.717, 1.165) is 31.9 Å². The Hall–Kier alpha value is -1.77. The summed E-state index contributed by atoms with van der Waals surface area (Å²) in [6, 6.07) is 10.3. The van der Waals surface area contributed by atoms with Gasteiger partial charge in [0.25, 0.3) is 0 Å². The molecule has 1 aromatic carbocycles. The van der Waals surface area contributed by atoms with Gasteiger partial charge in [0, 0.05) is 27.2 Å². The molecule has 3 nitrogen and oxygen atoms in total. The van der Waals surface area contributed by atoms with Crippen LogP contribution in [0.15, 0.2) is 48.0 Å². The van der Waals surface area contributed by atoms with Crippen molar-refractivity contribution in [2.24, 2.45) is 4.99 Å². The first-order valence-corrected chi connectivity index (χ1v) is 6.34. The maximum absolute atomic E-state index is 4.29. The average molecular weight is 245 g/mol. The molecule has 0 aliphatic heterocycles. The monoisotopic (exact) mass is 245 g/mol. The van der Waals surface area contributed by atoms with Crippen LogP contribution in [-0.4, -0.2) is 31.5 Å². The summed E-state index contributed by atoms with van der Waals surface area (Å²) in [7, 11) is 3.88. The van der Waals surface area contributed by atoms with Crippen LogP contribution in [0.3, 0.4) is 0 Å². The third-order valence-corrected chi connectivity index (χ3v) is 2.77. The lowest BCUT2D eigenvalue weighted by molar-refractivity contribution is 0.470. The third-order valence-electron chi connectivity index (χ3n) is 2.77. The smallest absolute Gasteiger partial charge is 0.193 e. The zero-order valence-electron chi connectivity index (χ0n) is 11.4. The highest BCUT2D eigenvalue weighted by atomic mass is 15.3. The van der Waals surface area contributed by atoms with Crippen LogP contribution in [0.1, 0.15) is 18.4 Å². The summed E-state index contributed by atoms with van der Waals surface area (Å²) in [6.45, 7) is 5.53. The molecule has 0 aromatic heterocycles. The maximum Gasteiger partial charge on any atom is 0.193 e. The first kappa shape index (κ1) is 14.3. The molecular weight excluding hydrogens is 222 g/mol. The number of aliphatic imine (C=N–C) groups is 1. The second-order valence-electron chi connectivity index (χ2n) is 4.24. The van der Waals surface area contributed by atoms with Crippen molar-refractivity contribution in [2.75, 3.05) is 20.6 Å². The molecule has 0 atom stereocenters. The predicted molar refractivity (Wildman–Crippen MR) is 78.7 cm³/mol. The van der Waals surface area contributed by atoms with E-state index >= 15 is 0 Å². The topological polar surface area (TPSA) is 27.6 Å². The van der Waals surface area contributed by atoms with E-state index in [4.69, 9.17) is 0 Å². The summed E-state index contributed by atoms with van der Waals surface area (Å²) in [5.41, 5.74) is 1.26. The number of unbranched alkanes of at least 4 members (excludes halogenated alkanes) is 1. The molecule has 0 heterocycles. The number of benzene rings is 1. The molecule has 0 saturated heterocycles. The molecule has 1 N–H and O–H groups in total. The molecule has 0 saturated carbocycles. The van der Waals surface area contributed by atoms with E-state index in [-0.39, 0.29) is 0 Å². The molecule has 1 aromatic rings. The number of nitrogens with one attached hydrogen (secondary N) is 1. The SMILES string of the molecule is C=CCCCN(C)C(=NC)NCc1ccccc1. The molecule has 98 valence electrons. The van der Waals surface area contributed by atoms with E-state index in [9.17, 15) is 0 Å². The van der Waals surface area contributed by atoms with Gasteiger partial charge >= 0.3 is 0 Å². The molecule has 0 aliphatic rings. The van der Waals surface area contributed by atoms with E-state index < -0.39 is 0 Å². The number of allylic oxidation sites excluding steroid dienone is 1. The minimum atomic E-state index is 0.805. The van der Waals surface area contributed by atoms with Crippen molar-refractivity contribution in [1.82, 2.24) is 10.2 Å². The highest BCUT2D eigenvalue weighted by Crippen LogP contribution is 1.99. The number of hydrogen-bond donors (Lipinski definition) is 1. The van der Waals surface area contributed by atoms with E-state index in [1.54, 1.807) is 0 Å². The zero-order valence-corrected chi connectivity index (χ0v) is 11.4. The van der Waals surface area contributed by atoms with Crippen molar-refractivity contribution in [3.05, 3.63) is 48.6 Å². The predicted octanol–water partition coefficient (Wildman–Crippen LogP) is 2.66. The molecule has 0 amide bonds. The Kier molecular flexibility index (Phi) is 6.62. The Balaban J connectivity index is 2.40. The maximum atomic E-state index is 4.29. The lowest BCUT2D eigenvalue weighted by atomic mass is 10.2. The van der Waals surface area contributed by atoms with Crippen LogP contribution in [-0.2, 0) is 6.54 Å². The van der Waals surface area contributed by atoms with Crippen LogP contribution in [0.25, 0.3) is 0 Å². The van der Waals surface area contributed by atoms with E-state index in [1.807, 2.05) is 31.3 Å². The summed E-state index contributed by atoms with van der Waals surface area (Å²) >= 11 is 0. The molecule has 0 aliphatic carbocycles. The molecule has 0 fully saturated rings. The zero-order chi connectivity index (χ0) is 13.2. The quantitative estimate of drug-likeness (QED) is 0.361. The lowest BCUT2D eigenvalue weighted by Crippen LogP contribution is -2.38. The summed E-state index contributed by atoms with van der Waals surface area (Å²) in [6.07, 6.45) is 4.10. The van der Waals surface area contributed by atoms with Gasteiger partial charge in [-0.25, -0.2) is 0 Å². The first-order chi connectivity index (χ1) is 8.77. The molecule has 0 spiro atoms. The van der Waals surface area contributed by atoms with Crippen LogP contribution in [0, 0.1) is 0 Å². The van der Waals surface area contributed by atoms with Gasteiger partial charge in [0.2, 0.25) is 0 Å². The summed E-state index contributed by atoms with van der Waals surface area (Å²) in [5.74, 6) is 0.933. The standard InChI is InChI=1S/C15H23N3/c1-4-5-9-12-18(3)15(16-2)17-13-14-10-7-6-8-11-14/h4,6-8,10-11H,1,5,9,12-13H2,2-3H3,(H,16,17). The number of nitrogens with zero attached hydrogens (tertiary/aromatic N) is 2. The van der Waals surface area contributed by atoms with Gasteiger partial charge in [0.05, 0.1) is 0 Å². The van der Waals surface area contributed by atoms with Gasteiger partial charge < -0.3 is 10.2 Å². The molecule has 18 heavy (non-hydrogen) atoms. The van der Waals surface area contributed by atoms with Crippen LogP contribution in [0.2, 0.25) is 0 Å². The van der Waals surface area contributed by atoms with Gasteiger partial charge in [-0.05, 0) is 18.4 Å². The number of hydrogen-bond acceptors (Lipinski definition) is 1. The van der Waals surface area contributed by atoms with Gasteiger partial charge in [0.15, 0.2) is 5.96 Å². The van der Waals surface area contributed by atoms with Gasteiger partial charge in [0.1, 0.15) is 0 Å². The normalized spacial score (nSPS) is 11.1. The fourth-order valence-electron chi connectivity index (χ4n) is 1.74. The highest BCUT2D eigenvalue weighted by molar-refractivity contribution is 5.79. The summed E-state index contributed by atoms with van der Waals surface area (Å²) in [5, 5.41) is 3.36. The fraction of sp³-hybridized carbons (Fsp3) is 0.400. The van der Waals surface area contributed by atoms with Crippen molar-refractivity contribution >= 4 is 5.96 Å². The summed E-state index contributed by atoms with van der Waals surface area (Å²) in [4.78, 5) is 6.43. The van der Waals surface area contributed by atoms with Gasteiger partial charge in [-0.1, -0.05) is 36.4 Å². The second-order valence-corrected chi connectivity index (χ2v) is 4.24. The number of guanidine groups is 1. The van der Waals surface area contributed by atoms with E-state index in [0.29, 0.717) is 0 Å². The van der Waals surface area contributed by atoms with Crippen LogP contribution < -0.4 is 5.32 Å². The molecule has 0 radical (unpaired) electrons. The minimum absolute atomic E-state index is 0.805. The van der Waals surface area contributed by atoms with E-state index in [1.165, 1.54) is 5.56 Å². The van der Waals surface area contributed by atoms with Crippen LogP contribution in [0.5, 0.6) is 0 Å². The molecule has 0 bridgehead atoms. The van der Waals surface area contributed by atoms with Gasteiger partial charge in [-0.3, -0.25) is 4.99 Å². The minimum Gasteiger partial charge on any atom is -0.352 e. The van der Waals surface area contributed by atoms with Crippen molar-refractivity contribution < 1.29 is 0 Å². The molecule has 3 heteroatoms. The van der Waals surface area contributed by atoms with Crippen molar-refractivity contribution in [3.8, 4) is 0 Å². The first-order valence-electron chi connectivity index (χ1n) is 6.34. The Morgan fingerprint density at radius 3 is 2.72 bits per heavy atom. The Morgan fingerprint density at radius 1 is 1.39 bits per heavy atom. The van der Waals surface area contributed by atoms with Crippen molar-refractivity contribution in [3.63, 3.8) is 0 Å². The largest absolute Gasteiger partial charge is 0.352 e. The molecule has 0 unspecified atom stereocenters. The number of rotatable bonds is 6. The Morgan fingerprint density at radius 2 is 2.11 bits per heavy atom. The van der Waals surface area contributed by atoms with E-state index in [2.05, 4.69) is 41.0 Å². The van der Waals surface area contributed by atoms with Crippen LogP contribution >= 0.6 is 0 Å². The van der Waals surface area contributed by atoms with Gasteiger partial charge in [-0.2, -0.15) is 0 Å². The van der Waals surface area contributed by atoms with Crippen LogP contribution in [0.4, 0.5) is 0 Å².